The molecule has 0 aliphatic rings. The number of aryl methyl sites for hydroxylation is 1. The summed E-state index contributed by atoms with van der Waals surface area (Å²) in [5.74, 6) is -0.966. The van der Waals surface area contributed by atoms with Crippen LogP contribution in [0.25, 0.3) is 10.9 Å². The number of oxime groups is 1. The van der Waals surface area contributed by atoms with Gasteiger partial charge in [0.1, 0.15) is 5.71 Å². The number of carbonyl (C=O) groups is 3. The summed E-state index contributed by atoms with van der Waals surface area (Å²) in [6, 6.07) is 22.6. The molecule has 4 aromatic rings. The maximum atomic E-state index is 14.9. The average molecular weight is 571 g/mol. The number of Topliss-reactive ketones (excluding diaryl/α,β-unsaturated/α-hetero) is 1. The van der Waals surface area contributed by atoms with Crippen molar-refractivity contribution in [1.29, 1.82) is 0 Å². The van der Waals surface area contributed by atoms with Gasteiger partial charge >= 0.3 is 5.97 Å². The second kappa shape index (κ2) is 13.5. The number of benzene rings is 3. The van der Waals surface area contributed by atoms with Crippen LogP contribution in [0.3, 0.4) is 0 Å². The summed E-state index contributed by atoms with van der Waals surface area (Å²) in [7, 11) is -3.82. The minimum atomic E-state index is -3.82. The van der Waals surface area contributed by atoms with Crippen molar-refractivity contribution in [3.63, 3.8) is 0 Å². The summed E-state index contributed by atoms with van der Waals surface area (Å²) in [5, 5.41) is 5.25. The van der Waals surface area contributed by atoms with Crippen LogP contribution in [-0.2, 0) is 20.7 Å². The number of aromatic nitrogens is 1. The lowest BCUT2D eigenvalue weighted by Gasteiger charge is -2.19. The third kappa shape index (κ3) is 6.47. The molecule has 0 aliphatic carbocycles. The molecule has 1 unspecified atom stereocenters. The van der Waals surface area contributed by atoms with Crippen LogP contribution in [0, 0.1) is 0 Å². The number of unbranched alkanes of at least 4 members (excludes halogenated alkanes) is 3. The van der Waals surface area contributed by atoms with Gasteiger partial charge in [-0.05, 0) is 38.0 Å². The van der Waals surface area contributed by atoms with E-state index >= 15 is 0 Å². The quantitative estimate of drug-likeness (QED) is 0.0436. The van der Waals surface area contributed by atoms with Crippen LogP contribution in [0.4, 0.5) is 0 Å². The highest BCUT2D eigenvalue weighted by Crippen LogP contribution is 2.47. The first-order valence-electron chi connectivity index (χ1n) is 14.0. The van der Waals surface area contributed by atoms with Gasteiger partial charge in [-0.2, -0.15) is 0 Å². The van der Waals surface area contributed by atoms with E-state index in [1.807, 2.05) is 23.6 Å². The van der Waals surface area contributed by atoms with Crippen molar-refractivity contribution in [3.05, 3.63) is 96.2 Å². The van der Waals surface area contributed by atoms with E-state index in [9.17, 15) is 18.9 Å². The van der Waals surface area contributed by atoms with Gasteiger partial charge in [0.05, 0.1) is 0 Å². The van der Waals surface area contributed by atoms with Crippen molar-refractivity contribution >= 4 is 51.6 Å². The van der Waals surface area contributed by atoms with E-state index in [0.29, 0.717) is 40.1 Å². The van der Waals surface area contributed by atoms with Gasteiger partial charge < -0.3 is 14.0 Å². The zero-order chi connectivity index (χ0) is 29.4. The molecule has 7 nitrogen and oxygen atoms in total. The molecule has 0 aliphatic heterocycles. The molecule has 0 spiro atoms. The molecule has 0 saturated carbocycles. The van der Waals surface area contributed by atoms with Gasteiger partial charge in [0.15, 0.2) is 0 Å². The molecule has 1 atom stereocenters. The standard InChI is InChI=1S/C33H35N2O5P/c1-4-6-7-14-19-30(34-40-24(3)36)32(37)29-23-35(5-2)31-21-20-27(22-28(29)31)41(39,26-17-12-9-13-18-26)33(38)25-15-10-8-11-16-25/h8-13,15-18,20-23H,4-7,14,19H2,1-3H3/b34-30+. The molecule has 0 radical (unpaired) electrons. The van der Waals surface area contributed by atoms with E-state index < -0.39 is 18.6 Å². The van der Waals surface area contributed by atoms with Crippen LogP contribution in [-0.4, -0.2) is 27.6 Å². The van der Waals surface area contributed by atoms with Crippen LogP contribution in [0.5, 0.6) is 0 Å². The molecule has 1 heterocycles. The van der Waals surface area contributed by atoms with Gasteiger partial charge in [0, 0.05) is 52.3 Å². The van der Waals surface area contributed by atoms with Crippen molar-refractivity contribution in [2.45, 2.75) is 59.4 Å². The minimum Gasteiger partial charge on any atom is -0.347 e. The Bertz CT molecular complexity index is 1620. The number of ketones is 1. The van der Waals surface area contributed by atoms with Crippen molar-refractivity contribution in [2.75, 3.05) is 0 Å². The minimum absolute atomic E-state index is 0.156. The zero-order valence-electron chi connectivity index (χ0n) is 23.7. The Labute approximate surface area is 240 Å². The second-order valence-electron chi connectivity index (χ2n) is 9.91. The number of hydrogen-bond donors (Lipinski definition) is 0. The van der Waals surface area contributed by atoms with Gasteiger partial charge in [-0.1, -0.05) is 92.0 Å². The van der Waals surface area contributed by atoms with Gasteiger partial charge in [0.25, 0.3) is 0 Å². The predicted molar refractivity (Wildman–Crippen MR) is 164 cm³/mol. The largest absolute Gasteiger partial charge is 0.347 e. The van der Waals surface area contributed by atoms with Crippen LogP contribution >= 0.6 is 7.14 Å². The number of hydrogen-bond acceptors (Lipinski definition) is 6. The molecule has 41 heavy (non-hydrogen) atoms. The highest BCUT2D eigenvalue weighted by Gasteiger charge is 2.37. The lowest BCUT2D eigenvalue weighted by molar-refractivity contribution is -0.140. The Kier molecular flexibility index (Phi) is 9.85. The first kappa shape index (κ1) is 29.9. The zero-order valence-corrected chi connectivity index (χ0v) is 24.6. The highest BCUT2D eigenvalue weighted by molar-refractivity contribution is 7.93. The fourth-order valence-corrected chi connectivity index (χ4v) is 7.37. The molecule has 212 valence electrons. The molecule has 0 fully saturated rings. The second-order valence-corrected chi connectivity index (χ2v) is 12.6. The third-order valence-electron chi connectivity index (χ3n) is 7.05. The fraction of sp³-hybridized carbons (Fsp3) is 0.273. The molecular weight excluding hydrogens is 535 g/mol. The number of rotatable bonds is 13. The summed E-state index contributed by atoms with van der Waals surface area (Å²) in [5.41, 5.74) is 1.16. The summed E-state index contributed by atoms with van der Waals surface area (Å²) >= 11 is 0. The van der Waals surface area contributed by atoms with Gasteiger partial charge in [-0.15, -0.1) is 0 Å². The number of carbonyl (C=O) groups excluding carboxylic acids is 3. The van der Waals surface area contributed by atoms with E-state index in [0.717, 1.165) is 31.2 Å². The Morgan fingerprint density at radius 3 is 2.17 bits per heavy atom. The third-order valence-corrected chi connectivity index (χ3v) is 9.91. The molecule has 1 aromatic heterocycles. The lowest BCUT2D eigenvalue weighted by Crippen LogP contribution is -2.23. The van der Waals surface area contributed by atoms with Crippen molar-refractivity contribution < 1.29 is 23.8 Å². The molecular formula is C33H35N2O5P. The van der Waals surface area contributed by atoms with Crippen LogP contribution < -0.4 is 10.6 Å². The Morgan fingerprint density at radius 2 is 1.54 bits per heavy atom. The summed E-state index contributed by atoms with van der Waals surface area (Å²) in [4.78, 5) is 44.2. The van der Waals surface area contributed by atoms with E-state index in [2.05, 4.69) is 12.1 Å². The first-order valence-corrected chi connectivity index (χ1v) is 15.7. The fourth-order valence-electron chi connectivity index (χ4n) is 4.90. The van der Waals surface area contributed by atoms with Crippen molar-refractivity contribution in [1.82, 2.24) is 4.57 Å². The smallest absolute Gasteiger partial charge is 0.331 e. The predicted octanol–water partition coefficient (Wildman–Crippen LogP) is 6.89. The van der Waals surface area contributed by atoms with Crippen molar-refractivity contribution in [2.24, 2.45) is 5.16 Å². The first-order chi connectivity index (χ1) is 19.8. The topological polar surface area (TPSA) is 94.8 Å². The van der Waals surface area contributed by atoms with Gasteiger partial charge in [-0.25, -0.2) is 4.79 Å². The average Bonchev–Trinajstić information content (AvgIpc) is 3.38. The molecule has 0 N–H and O–H groups in total. The molecule has 3 aromatic carbocycles. The monoisotopic (exact) mass is 570 g/mol. The molecule has 0 saturated heterocycles. The van der Waals surface area contributed by atoms with E-state index in [1.165, 1.54) is 6.92 Å². The summed E-state index contributed by atoms with van der Waals surface area (Å²) in [6.07, 6.45) is 5.83. The summed E-state index contributed by atoms with van der Waals surface area (Å²) in [6.45, 7) is 5.90. The molecule has 0 bridgehead atoms. The number of fused-ring (bicyclic) bond motifs is 1. The van der Waals surface area contributed by atoms with E-state index in [1.54, 1.807) is 72.9 Å². The summed E-state index contributed by atoms with van der Waals surface area (Å²) < 4.78 is 16.8. The van der Waals surface area contributed by atoms with Crippen molar-refractivity contribution in [3.8, 4) is 0 Å². The lowest BCUT2D eigenvalue weighted by atomic mass is 10.0. The Morgan fingerprint density at radius 1 is 0.854 bits per heavy atom. The Balaban J connectivity index is 1.87. The van der Waals surface area contributed by atoms with E-state index in [4.69, 9.17) is 4.84 Å². The van der Waals surface area contributed by atoms with Crippen LogP contribution in [0.1, 0.15) is 73.6 Å². The normalized spacial score (nSPS) is 13.1. The molecule has 4 rings (SSSR count). The van der Waals surface area contributed by atoms with Gasteiger partial charge in [-0.3, -0.25) is 9.59 Å². The maximum Gasteiger partial charge on any atom is 0.331 e. The van der Waals surface area contributed by atoms with Crippen LogP contribution in [0.2, 0.25) is 0 Å². The van der Waals surface area contributed by atoms with E-state index in [-0.39, 0.29) is 11.5 Å². The van der Waals surface area contributed by atoms with Crippen LogP contribution in [0.15, 0.2) is 90.2 Å². The molecule has 0 amide bonds. The molecule has 8 heteroatoms. The highest BCUT2D eigenvalue weighted by atomic mass is 31.2. The SMILES string of the molecule is CCCCCC/C(=N\OC(C)=O)C(=O)c1cn(CC)c2ccc(P(=O)(C(=O)c3ccccc3)c3ccccc3)cc12. The maximum absolute atomic E-state index is 14.9. The van der Waals surface area contributed by atoms with Gasteiger partial charge in [0.2, 0.25) is 18.4 Å². The Hall–Kier alpha value is -4.09. The number of nitrogens with zero attached hydrogens (tertiary/aromatic N) is 2.